The van der Waals surface area contributed by atoms with E-state index in [0.717, 1.165) is 0 Å². The number of aromatic nitrogens is 4. The summed E-state index contributed by atoms with van der Waals surface area (Å²) in [7, 11) is 1.55. The molecule has 168 valence electrons. The van der Waals surface area contributed by atoms with E-state index in [2.05, 4.69) is 20.4 Å². The Kier molecular flexibility index (Phi) is 5.57. The molecule has 3 aromatic heterocycles. The van der Waals surface area contributed by atoms with Gasteiger partial charge in [0.15, 0.2) is 0 Å². The van der Waals surface area contributed by atoms with Crippen LogP contribution in [-0.2, 0) is 11.3 Å². The summed E-state index contributed by atoms with van der Waals surface area (Å²) in [6, 6.07) is 21.0. The van der Waals surface area contributed by atoms with E-state index in [1.165, 1.54) is 10.6 Å². The Morgan fingerprint density at radius 2 is 1.91 bits per heavy atom. The molecule has 0 fully saturated rings. The van der Waals surface area contributed by atoms with Crippen molar-refractivity contribution in [2.75, 3.05) is 12.4 Å². The second kappa shape index (κ2) is 8.99. The molecular formula is C25H19N5O4. The lowest BCUT2D eigenvalue weighted by Crippen LogP contribution is -2.27. The number of nitrogens with one attached hydrogen (secondary N) is 1. The van der Waals surface area contributed by atoms with Gasteiger partial charge in [0.25, 0.3) is 11.4 Å². The van der Waals surface area contributed by atoms with Gasteiger partial charge in [-0.2, -0.15) is 4.98 Å². The molecule has 0 saturated carbocycles. The van der Waals surface area contributed by atoms with Crippen molar-refractivity contribution in [2.24, 2.45) is 0 Å². The van der Waals surface area contributed by atoms with Gasteiger partial charge in [-0.25, -0.2) is 0 Å². The number of carbonyl (C=O) groups excluding carboxylic acids is 1. The molecule has 3 heterocycles. The van der Waals surface area contributed by atoms with Gasteiger partial charge >= 0.3 is 0 Å². The van der Waals surface area contributed by atoms with Crippen LogP contribution in [0.15, 0.2) is 88.3 Å². The summed E-state index contributed by atoms with van der Waals surface area (Å²) < 4.78 is 12.0. The smallest absolute Gasteiger partial charge is 0.259 e. The number of benzene rings is 2. The first kappa shape index (κ1) is 21.1. The minimum atomic E-state index is -0.368. The Morgan fingerprint density at radius 3 is 2.74 bits per heavy atom. The third-order valence-electron chi connectivity index (χ3n) is 5.22. The molecule has 34 heavy (non-hydrogen) atoms. The Balaban J connectivity index is 1.49. The van der Waals surface area contributed by atoms with Gasteiger partial charge in [0.1, 0.15) is 18.0 Å². The SMILES string of the molecule is COc1cccc(NC(=O)Cn2c(=O)cc(-c3nc(-c4ccccn4)no3)c3ccccc32)c1. The Bertz CT molecular complexity index is 1540. The van der Waals surface area contributed by atoms with Crippen LogP contribution in [0.25, 0.3) is 33.9 Å². The highest BCUT2D eigenvalue weighted by Gasteiger charge is 2.18. The van der Waals surface area contributed by atoms with Crippen LogP contribution in [0.2, 0.25) is 0 Å². The van der Waals surface area contributed by atoms with Crippen molar-refractivity contribution in [1.82, 2.24) is 19.7 Å². The Hall–Kier alpha value is -4.79. The maximum atomic E-state index is 13.1. The van der Waals surface area contributed by atoms with E-state index in [4.69, 9.17) is 9.26 Å². The van der Waals surface area contributed by atoms with Crippen molar-refractivity contribution < 1.29 is 14.1 Å². The van der Waals surface area contributed by atoms with Gasteiger partial charge in [0.2, 0.25) is 11.7 Å². The molecule has 0 atom stereocenters. The van der Waals surface area contributed by atoms with E-state index in [9.17, 15) is 9.59 Å². The molecule has 0 unspecified atom stereocenters. The highest BCUT2D eigenvalue weighted by atomic mass is 16.5. The van der Waals surface area contributed by atoms with Gasteiger partial charge in [-0.1, -0.05) is 35.5 Å². The predicted molar refractivity (Wildman–Crippen MR) is 126 cm³/mol. The first-order valence-electron chi connectivity index (χ1n) is 10.4. The number of ether oxygens (including phenoxy) is 1. The summed E-state index contributed by atoms with van der Waals surface area (Å²) in [5.74, 6) is 0.793. The molecule has 5 aromatic rings. The first-order valence-corrected chi connectivity index (χ1v) is 10.4. The molecule has 9 nitrogen and oxygen atoms in total. The molecule has 0 aliphatic heterocycles. The lowest BCUT2D eigenvalue weighted by molar-refractivity contribution is -0.116. The van der Waals surface area contributed by atoms with Gasteiger partial charge in [0, 0.05) is 29.4 Å². The van der Waals surface area contributed by atoms with Crippen molar-refractivity contribution in [3.8, 4) is 28.7 Å². The van der Waals surface area contributed by atoms with Crippen LogP contribution in [0.4, 0.5) is 5.69 Å². The summed E-state index contributed by atoms with van der Waals surface area (Å²) in [5, 5.41) is 7.50. The fourth-order valence-corrected chi connectivity index (χ4v) is 3.65. The van der Waals surface area contributed by atoms with Crippen LogP contribution in [0.1, 0.15) is 0 Å². The maximum Gasteiger partial charge on any atom is 0.259 e. The van der Waals surface area contributed by atoms with Gasteiger partial charge in [-0.3, -0.25) is 19.1 Å². The van der Waals surface area contributed by atoms with E-state index in [1.54, 1.807) is 61.8 Å². The number of methoxy groups -OCH3 is 1. The lowest BCUT2D eigenvalue weighted by Gasteiger charge is -2.12. The van der Waals surface area contributed by atoms with Gasteiger partial charge in [-0.05, 0) is 30.3 Å². The first-order chi connectivity index (χ1) is 16.6. The topological polar surface area (TPSA) is 112 Å². The molecule has 1 amide bonds. The average molecular weight is 453 g/mol. The zero-order chi connectivity index (χ0) is 23.5. The van der Waals surface area contributed by atoms with Crippen LogP contribution >= 0.6 is 0 Å². The minimum absolute atomic E-state index is 0.167. The molecule has 9 heteroatoms. The molecule has 0 radical (unpaired) electrons. The highest BCUT2D eigenvalue weighted by molar-refractivity contribution is 5.95. The van der Waals surface area contributed by atoms with Crippen LogP contribution in [-0.4, -0.2) is 32.7 Å². The summed E-state index contributed by atoms with van der Waals surface area (Å²) in [4.78, 5) is 34.4. The van der Waals surface area contributed by atoms with Crippen molar-refractivity contribution in [3.63, 3.8) is 0 Å². The fraction of sp³-hybridized carbons (Fsp3) is 0.0800. The summed E-state index contributed by atoms with van der Waals surface area (Å²) in [5.41, 5.74) is 1.82. The second-order valence-electron chi connectivity index (χ2n) is 7.42. The van der Waals surface area contributed by atoms with Gasteiger partial charge < -0.3 is 14.6 Å². The molecule has 1 N–H and O–H groups in total. The molecular weight excluding hydrogens is 434 g/mol. The van der Waals surface area contributed by atoms with Crippen molar-refractivity contribution in [2.45, 2.75) is 6.54 Å². The molecule has 5 rings (SSSR count). The predicted octanol–water partition coefficient (Wildman–Crippen LogP) is 3.76. The summed E-state index contributed by atoms with van der Waals surface area (Å²) in [6.45, 7) is -0.167. The molecule has 0 saturated heterocycles. The number of fused-ring (bicyclic) bond motifs is 1. The number of anilines is 1. The number of nitrogens with zero attached hydrogens (tertiary/aromatic N) is 4. The van der Waals surface area contributed by atoms with E-state index < -0.39 is 0 Å². The summed E-state index contributed by atoms with van der Waals surface area (Å²) in [6.07, 6.45) is 1.64. The molecule has 2 aromatic carbocycles. The third kappa shape index (κ3) is 4.14. The van der Waals surface area contributed by atoms with Crippen LogP contribution < -0.4 is 15.6 Å². The number of pyridine rings is 2. The molecule has 0 aliphatic carbocycles. The molecule has 0 bridgehead atoms. The highest BCUT2D eigenvalue weighted by Crippen LogP contribution is 2.27. The third-order valence-corrected chi connectivity index (χ3v) is 5.22. The van der Waals surface area contributed by atoms with Crippen molar-refractivity contribution in [3.05, 3.63) is 89.3 Å². The average Bonchev–Trinajstić information content (AvgIpc) is 3.36. The largest absolute Gasteiger partial charge is 0.497 e. The van der Waals surface area contributed by atoms with Crippen LogP contribution in [0.5, 0.6) is 5.75 Å². The monoisotopic (exact) mass is 453 g/mol. The van der Waals surface area contributed by atoms with E-state index in [1.807, 2.05) is 18.2 Å². The lowest BCUT2D eigenvalue weighted by atomic mass is 10.1. The number of hydrogen-bond donors (Lipinski definition) is 1. The normalized spacial score (nSPS) is 10.9. The maximum absolute atomic E-state index is 13.1. The molecule has 0 aliphatic rings. The zero-order valence-electron chi connectivity index (χ0n) is 18.1. The van der Waals surface area contributed by atoms with Crippen molar-refractivity contribution in [1.29, 1.82) is 0 Å². The van der Waals surface area contributed by atoms with E-state index >= 15 is 0 Å². The standard InChI is InChI=1S/C25H19N5O4/c1-33-17-8-6-7-16(13-17)27-22(31)15-30-21-11-3-2-9-18(21)19(14-23(30)32)25-28-24(29-34-25)20-10-4-5-12-26-20/h2-14H,15H2,1H3,(H,27,31). The number of amides is 1. The van der Waals surface area contributed by atoms with E-state index in [-0.39, 0.29) is 23.9 Å². The second-order valence-corrected chi connectivity index (χ2v) is 7.42. The number of carbonyl (C=O) groups is 1. The Morgan fingerprint density at radius 1 is 1.06 bits per heavy atom. The van der Waals surface area contributed by atoms with Crippen LogP contribution in [0.3, 0.4) is 0 Å². The zero-order valence-corrected chi connectivity index (χ0v) is 18.1. The Labute approximate surface area is 193 Å². The quantitative estimate of drug-likeness (QED) is 0.417. The van der Waals surface area contributed by atoms with Crippen molar-refractivity contribution >= 4 is 22.5 Å². The van der Waals surface area contributed by atoms with E-state index in [0.29, 0.717) is 39.4 Å². The van der Waals surface area contributed by atoms with Gasteiger partial charge in [-0.15, -0.1) is 0 Å². The van der Waals surface area contributed by atoms with Gasteiger partial charge in [0.05, 0.1) is 18.2 Å². The molecule has 0 spiro atoms. The number of hydrogen-bond acceptors (Lipinski definition) is 7. The number of para-hydroxylation sites is 1. The van der Waals surface area contributed by atoms with Crippen LogP contribution in [0, 0.1) is 0 Å². The summed E-state index contributed by atoms with van der Waals surface area (Å²) >= 11 is 0. The fourth-order valence-electron chi connectivity index (χ4n) is 3.65. The number of rotatable bonds is 6. The minimum Gasteiger partial charge on any atom is -0.497 e.